The molecule has 3 aromatic rings. The zero-order valence-corrected chi connectivity index (χ0v) is 16.8. The largest absolute Gasteiger partial charge is 0.462 e. The maximum atomic E-state index is 14.8. The van der Waals surface area contributed by atoms with E-state index in [0.717, 1.165) is 9.79 Å². The Kier molecular flexibility index (Phi) is 6.26. The molecule has 0 fully saturated rings. The van der Waals surface area contributed by atoms with Crippen molar-refractivity contribution in [3.63, 3.8) is 0 Å². The van der Waals surface area contributed by atoms with Crippen molar-refractivity contribution in [3.05, 3.63) is 58.5 Å². The molecule has 3 rings (SSSR count). The normalized spacial score (nSPS) is 12.4. The van der Waals surface area contributed by atoms with Crippen LogP contribution in [0.5, 0.6) is 0 Å². The van der Waals surface area contributed by atoms with Crippen LogP contribution in [0.1, 0.15) is 29.3 Å². The SMILES string of the molecule is CCOC(=O)c1cccc(Sc2c(C)n(C(N)NO)c3c(F)c(Cl)ccc23)c1. The highest BCUT2D eigenvalue weighted by Crippen LogP contribution is 2.41. The molecular formula is C19H19ClFN3O3S. The van der Waals surface area contributed by atoms with E-state index in [1.165, 1.54) is 22.4 Å². The van der Waals surface area contributed by atoms with Crippen LogP contribution in [0.4, 0.5) is 4.39 Å². The molecule has 0 radical (unpaired) electrons. The molecule has 0 spiro atoms. The number of aromatic nitrogens is 1. The minimum atomic E-state index is -1.06. The summed E-state index contributed by atoms with van der Waals surface area (Å²) in [5, 5.41) is 9.82. The van der Waals surface area contributed by atoms with Gasteiger partial charge in [-0.05, 0) is 44.2 Å². The van der Waals surface area contributed by atoms with Gasteiger partial charge < -0.3 is 14.5 Å². The van der Waals surface area contributed by atoms with E-state index in [2.05, 4.69) is 0 Å². The molecular weight excluding hydrogens is 405 g/mol. The first-order valence-electron chi connectivity index (χ1n) is 8.47. The van der Waals surface area contributed by atoms with Crippen molar-refractivity contribution in [2.75, 3.05) is 6.61 Å². The highest BCUT2D eigenvalue weighted by Gasteiger charge is 2.23. The summed E-state index contributed by atoms with van der Waals surface area (Å²) in [6.07, 6.45) is -1.06. The van der Waals surface area contributed by atoms with E-state index in [-0.39, 0.29) is 17.1 Å². The third-order valence-electron chi connectivity index (χ3n) is 4.22. The Balaban J connectivity index is 2.12. The Morgan fingerprint density at radius 1 is 1.43 bits per heavy atom. The minimum Gasteiger partial charge on any atom is -0.462 e. The summed E-state index contributed by atoms with van der Waals surface area (Å²) in [6, 6.07) is 10.1. The summed E-state index contributed by atoms with van der Waals surface area (Å²) >= 11 is 7.30. The molecule has 0 saturated carbocycles. The van der Waals surface area contributed by atoms with E-state index < -0.39 is 18.1 Å². The van der Waals surface area contributed by atoms with Gasteiger partial charge in [0.25, 0.3) is 0 Å². The molecule has 148 valence electrons. The fourth-order valence-corrected chi connectivity index (χ4v) is 4.23. The van der Waals surface area contributed by atoms with Crippen LogP contribution in [0.3, 0.4) is 0 Å². The van der Waals surface area contributed by atoms with Gasteiger partial charge in [0.1, 0.15) is 0 Å². The Morgan fingerprint density at radius 3 is 2.86 bits per heavy atom. The number of benzene rings is 2. The predicted molar refractivity (Wildman–Crippen MR) is 106 cm³/mol. The third kappa shape index (κ3) is 3.74. The summed E-state index contributed by atoms with van der Waals surface area (Å²) in [6.45, 7) is 3.80. The number of nitrogens with two attached hydrogens (primary N) is 1. The maximum Gasteiger partial charge on any atom is 0.338 e. The lowest BCUT2D eigenvalue weighted by molar-refractivity contribution is 0.0526. The standard InChI is InChI=1S/C19H19ClFN3O3S/c1-3-27-18(25)11-5-4-6-12(9-11)28-17-10(2)24(19(22)23-26)16-13(17)7-8-14(20)15(16)21/h4-9,19,23,26H,3,22H2,1-2H3. The topological polar surface area (TPSA) is 89.5 Å². The third-order valence-corrected chi connectivity index (χ3v) is 5.72. The Labute approximate surface area is 170 Å². The number of esters is 1. The Hall–Kier alpha value is -2.10. The van der Waals surface area contributed by atoms with E-state index in [1.54, 1.807) is 38.1 Å². The van der Waals surface area contributed by atoms with Crippen molar-refractivity contribution < 1.29 is 19.1 Å². The molecule has 0 aliphatic carbocycles. The lowest BCUT2D eigenvalue weighted by atomic mass is 10.2. The molecule has 0 aliphatic rings. The number of carbonyl (C=O) groups excluding carboxylic acids is 1. The van der Waals surface area contributed by atoms with Gasteiger partial charge in [-0.2, -0.15) is 5.48 Å². The van der Waals surface area contributed by atoms with Gasteiger partial charge in [0.2, 0.25) is 0 Å². The van der Waals surface area contributed by atoms with E-state index >= 15 is 0 Å². The van der Waals surface area contributed by atoms with E-state index in [1.807, 2.05) is 11.5 Å². The lowest BCUT2D eigenvalue weighted by Crippen LogP contribution is -2.32. The summed E-state index contributed by atoms with van der Waals surface area (Å²) in [5.41, 5.74) is 9.09. The van der Waals surface area contributed by atoms with Crippen LogP contribution >= 0.6 is 23.4 Å². The van der Waals surface area contributed by atoms with Gasteiger partial charge in [0, 0.05) is 20.9 Å². The number of ether oxygens (including phenoxy) is 1. The van der Waals surface area contributed by atoms with E-state index in [0.29, 0.717) is 16.6 Å². The number of nitrogens with zero attached hydrogens (tertiary/aromatic N) is 1. The second-order valence-electron chi connectivity index (χ2n) is 5.97. The quantitative estimate of drug-likeness (QED) is 0.308. The number of nitrogens with one attached hydrogen (secondary N) is 1. The number of fused-ring (bicyclic) bond motifs is 1. The smallest absolute Gasteiger partial charge is 0.338 e. The van der Waals surface area contributed by atoms with Gasteiger partial charge in [-0.25, -0.2) is 9.18 Å². The van der Waals surface area contributed by atoms with Gasteiger partial charge in [-0.1, -0.05) is 29.4 Å². The average Bonchev–Trinajstić information content (AvgIpc) is 2.97. The zero-order chi connectivity index (χ0) is 20.4. The molecule has 0 bridgehead atoms. The summed E-state index contributed by atoms with van der Waals surface area (Å²) < 4.78 is 21.2. The molecule has 4 N–H and O–H groups in total. The van der Waals surface area contributed by atoms with Crippen molar-refractivity contribution in [2.24, 2.45) is 5.73 Å². The number of carbonyl (C=O) groups is 1. The number of hydrogen-bond acceptors (Lipinski definition) is 6. The molecule has 0 amide bonds. The number of halogens is 2. The van der Waals surface area contributed by atoms with E-state index in [9.17, 15) is 14.4 Å². The first-order valence-corrected chi connectivity index (χ1v) is 9.67. The van der Waals surface area contributed by atoms with Crippen LogP contribution in [-0.2, 0) is 4.74 Å². The van der Waals surface area contributed by atoms with Crippen LogP contribution in [0.25, 0.3) is 10.9 Å². The fraction of sp³-hybridized carbons (Fsp3) is 0.211. The molecule has 9 heteroatoms. The second kappa shape index (κ2) is 8.50. The lowest BCUT2D eigenvalue weighted by Gasteiger charge is -2.16. The molecule has 1 unspecified atom stereocenters. The van der Waals surface area contributed by atoms with Crippen molar-refractivity contribution >= 4 is 40.2 Å². The summed E-state index contributed by atoms with van der Waals surface area (Å²) in [7, 11) is 0. The Morgan fingerprint density at radius 2 is 2.18 bits per heavy atom. The van der Waals surface area contributed by atoms with Crippen LogP contribution in [0.15, 0.2) is 46.2 Å². The van der Waals surface area contributed by atoms with Crippen LogP contribution in [0, 0.1) is 12.7 Å². The maximum absolute atomic E-state index is 14.8. The average molecular weight is 424 g/mol. The first kappa shape index (κ1) is 20.6. The van der Waals surface area contributed by atoms with Crippen molar-refractivity contribution in [2.45, 2.75) is 29.9 Å². The van der Waals surface area contributed by atoms with Crippen LogP contribution in [-0.4, -0.2) is 22.4 Å². The molecule has 1 atom stereocenters. The van der Waals surface area contributed by atoms with Crippen molar-refractivity contribution in [1.82, 2.24) is 10.0 Å². The van der Waals surface area contributed by atoms with Crippen LogP contribution in [0.2, 0.25) is 5.02 Å². The number of hydroxylamine groups is 1. The highest BCUT2D eigenvalue weighted by molar-refractivity contribution is 7.99. The minimum absolute atomic E-state index is 0.0442. The molecule has 1 heterocycles. The second-order valence-corrected chi connectivity index (χ2v) is 7.46. The summed E-state index contributed by atoms with van der Waals surface area (Å²) in [4.78, 5) is 13.5. The highest BCUT2D eigenvalue weighted by atomic mass is 35.5. The van der Waals surface area contributed by atoms with Gasteiger partial charge in [-0.3, -0.25) is 5.73 Å². The van der Waals surface area contributed by atoms with Crippen molar-refractivity contribution in [1.29, 1.82) is 0 Å². The first-order chi connectivity index (χ1) is 13.4. The number of rotatable bonds is 6. The molecule has 1 aromatic heterocycles. The van der Waals surface area contributed by atoms with E-state index in [4.69, 9.17) is 22.1 Å². The van der Waals surface area contributed by atoms with Crippen LogP contribution < -0.4 is 11.2 Å². The fourth-order valence-electron chi connectivity index (χ4n) is 2.98. The Bertz CT molecular complexity index is 1040. The van der Waals surface area contributed by atoms with Gasteiger partial charge in [0.05, 0.1) is 22.7 Å². The number of hydrogen-bond donors (Lipinski definition) is 3. The predicted octanol–water partition coefficient (Wildman–Crippen LogP) is 4.46. The van der Waals surface area contributed by atoms with Crippen molar-refractivity contribution in [3.8, 4) is 0 Å². The monoisotopic (exact) mass is 423 g/mol. The molecule has 28 heavy (non-hydrogen) atoms. The van der Waals surface area contributed by atoms with Gasteiger partial charge in [0.15, 0.2) is 12.1 Å². The molecule has 2 aromatic carbocycles. The van der Waals surface area contributed by atoms with Gasteiger partial charge >= 0.3 is 5.97 Å². The zero-order valence-electron chi connectivity index (χ0n) is 15.2. The molecule has 0 saturated heterocycles. The molecule has 6 nitrogen and oxygen atoms in total. The molecule has 0 aliphatic heterocycles. The van der Waals surface area contributed by atoms with Gasteiger partial charge in [-0.15, -0.1) is 0 Å². The summed E-state index contributed by atoms with van der Waals surface area (Å²) in [5.74, 6) is -1.03.